The minimum absolute atomic E-state index is 0.201. The SMILES string of the molecule is O=C(CNC(=O)C1COCCN1)Nc1nc2ccc(OC(F)(F)F)cc2s1. The Morgan fingerprint density at radius 2 is 2.22 bits per heavy atom. The lowest BCUT2D eigenvalue weighted by atomic mass is 10.2. The van der Waals surface area contributed by atoms with Gasteiger partial charge in [0.05, 0.1) is 30.0 Å². The lowest BCUT2D eigenvalue weighted by Gasteiger charge is -2.22. The van der Waals surface area contributed by atoms with E-state index in [2.05, 4.69) is 25.7 Å². The maximum atomic E-state index is 12.3. The molecule has 1 aliphatic heterocycles. The largest absolute Gasteiger partial charge is 0.573 e. The predicted octanol–water partition coefficient (Wildman–Crippen LogP) is 1.24. The zero-order valence-electron chi connectivity index (χ0n) is 13.8. The second kappa shape index (κ2) is 8.06. The van der Waals surface area contributed by atoms with Gasteiger partial charge in [-0.15, -0.1) is 13.2 Å². The van der Waals surface area contributed by atoms with Crippen molar-refractivity contribution in [3.05, 3.63) is 18.2 Å². The molecule has 1 aliphatic rings. The van der Waals surface area contributed by atoms with Crippen LogP contribution in [0.1, 0.15) is 0 Å². The number of aromatic nitrogens is 1. The molecule has 1 fully saturated rings. The van der Waals surface area contributed by atoms with Crippen molar-refractivity contribution in [1.29, 1.82) is 0 Å². The molecule has 3 rings (SSSR count). The Bertz CT molecular complexity index is 836. The zero-order chi connectivity index (χ0) is 19.4. The van der Waals surface area contributed by atoms with Crippen LogP contribution < -0.4 is 20.7 Å². The number of carbonyl (C=O) groups is 2. The van der Waals surface area contributed by atoms with E-state index in [0.29, 0.717) is 23.4 Å². The van der Waals surface area contributed by atoms with Gasteiger partial charge in [-0.1, -0.05) is 11.3 Å². The van der Waals surface area contributed by atoms with E-state index in [4.69, 9.17) is 4.74 Å². The number of rotatable bonds is 5. The van der Waals surface area contributed by atoms with Crippen molar-refractivity contribution >= 4 is 38.5 Å². The van der Waals surface area contributed by atoms with Crippen LogP contribution in [0.15, 0.2) is 18.2 Å². The van der Waals surface area contributed by atoms with Gasteiger partial charge in [0.2, 0.25) is 11.8 Å². The normalized spacial score (nSPS) is 17.5. The maximum Gasteiger partial charge on any atom is 0.573 e. The fourth-order valence-corrected chi connectivity index (χ4v) is 3.25. The quantitative estimate of drug-likeness (QED) is 0.693. The van der Waals surface area contributed by atoms with E-state index in [0.717, 1.165) is 17.4 Å². The minimum Gasteiger partial charge on any atom is -0.406 e. The summed E-state index contributed by atoms with van der Waals surface area (Å²) in [6.45, 7) is 1.04. The number of hydrogen-bond acceptors (Lipinski definition) is 7. The Hall–Kier alpha value is -2.44. The second-order valence-corrected chi connectivity index (χ2v) is 6.57. The molecule has 1 aromatic carbocycles. The van der Waals surface area contributed by atoms with Crippen molar-refractivity contribution < 1.29 is 32.2 Å². The number of benzene rings is 1. The Labute approximate surface area is 155 Å². The fraction of sp³-hybridized carbons (Fsp3) is 0.400. The van der Waals surface area contributed by atoms with Gasteiger partial charge in [-0.3, -0.25) is 9.59 Å². The number of fused-ring (bicyclic) bond motifs is 1. The molecule has 8 nitrogen and oxygen atoms in total. The third-order valence-corrected chi connectivity index (χ3v) is 4.43. The van der Waals surface area contributed by atoms with Crippen LogP contribution in [0.3, 0.4) is 0 Å². The number of morpholine rings is 1. The lowest BCUT2D eigenvalue weighted by molar-refractivity contribution is -0.274. The molecular formula is C15H15F3N4O4S. The molecule has 146 valence electrons. The van der Waals surface area contributed by atoms with Gasteiger partial charge in [0.15, 0.2) is 5.13 Å². The van der Waals surface area contributed by atoms with Gasteiger partial charge in [-0.05, 0) is 12.1 Å². The van der Waals surface area contributed by atoms with Crippen LogP contribution in [0.4, 0.5) is 18.3 Å². The van der Waals surface area contributed by atoms with E-state index in [1.54, 1.807) is 0 Å². The summed E-state index contributed by atoms with van der Waals surface area (Å²) in [5, 5.41) is 8.14. The van der Waals surface area contributed by atoms with Crippen molar-refractivity contribution in [2.24, 2.45) is 0 Å². The summed E-state index contributed by atoms with van der Waals surface area (Å²) in [5.41, 5.74) is 0.414. The highest BCUT2D eigenvalue weighted by atomic mass is 32.1. The third-order valence-electron chi connectivity index (χ3n) is 3.50. The Balaban J connectivity index is 1.55. The molecule has 1 aromatic heterocycles. The molecule has 0 radical (unpaired) electrons. The first kappa shape index (κ1) is 19.3. The number of nitrogens with zero attached hydrogens (tertiary/aromatic N) is 1. The maximum absolute atomic E-state index is 12.3. The minimum atomic E-state index is -4.79. The molecule has 1 saturated heterocycles. The molecule has 2 amide bonds. The van der Waals surface area contributed by atoms with E-state index in [9.17, 15) is 22.8 Å². The molecule has 0 spiro atoms. The lowest BCUT2D eigenvalue weighted by Crippen LogP contribution is -2.52. The molecular weight excluding hydrogens is 389 g/mol. The van der Waals surface area contributed by atoms with Gasteiger partial charge in [0.25, 0.3) is 0 Å². The number of anilines is 1. The summed E-state index contributed by atoms with van der Waals surface area (Å²) in [6, 6.07) is 3.17. The van der Waals surface area contributed by atoms with Crippen molar-refractivity contribution in [3.8, 4) is 5.75 Å². The second-order valence-electron chi connectivity index (χ2n) is 5.54. The number of carbonyl (C=O) groups excluding carboxylic acids is 2. The first-order valence-electron chi connectivity index (χ1n) is 7.85. The fourth-order valence-electron chi connectivity index (χ4n) is 2.34. The van der Waals surface area contributed by atoms with Crippen LogP contribution in [0.25, 0.3) is 10.2 Å². The van der Waals surface area contributed by atoms with Gasteiger partial charge in [0, 0.05) is 12.6 Å². The van der Waals surface area contributed by atoms with E-state index in [-0.39, 0.29) is 29.9 Å². The number of ether oxygens (including phenoxy) is 2. The highest BCUT2D eigenvalue weighted by molar-refractivity contribution is 7.22. The summed E-state index contributed by atoms with van der Waals surface area (Å²) >= 11 is 0.993. The summed E-state index contributed by atoms with van der Waals surface area (Å²) in [4.78, 5) is 28.0. The number of nitrogens with one attached hydrogen (secondary N) is 3. The summed E-state index contributed by atoms with van der Waals surface area (Å²) in [5.74, 6) is -1.24. The first-order chi connectivity index (χ1) is 12.8. The number of amides is 2. The molecule has 0 aliphatic carbocycles. The van der Waals surface area contributed by atoms with Gasteiger partial charge < -0.3 is 25.4 Å². The molecule has 12 heteroatoms. The number of alkyl halides is 3. The van der Waals surface area contributed by atoms with Gasteiger partial charge in [-0.25, -0.2) is 4.98 Å². The van der Waals surface area contributed by atoms with Crippen molar-refractivity contribution in [3.63, 3.8) is 0 Å². The molecule has 3 N–H and O–H groups in total. The monoisotopic (exact) mass is 404 g/mol. The molecule has 0 bridgehead atoms. The third kappa shape index (κ3) is 5.52. The molecule has 2 aromatic rings. The van der Waals surface area contributed by atoms with Crippen LogP contribution in [0, 0.1) is 0 Å². The van der Waals surface area contributed by atoms with E-state index < -0.39 is 18.3 Å². The number of thiazole rings is 1. The smallest absolute Gasteiger partial charge is 0.406 e. The van der Waals surface area contributed by atoms with E-state index in [1.165, 1.54) is 12.1 Å². The molecule has 2 heterocycles. The summed E-state index contributed by atoms with van der Waals surface area (Å²) in [7, 11) is 0. The summed E-state index contributed by atoms with van der Waals surface area (Å²) in [6.07, 6.45) is -4.79. The van der Waals surface area contributed by atoms with Crippen molar-refractivity contribution in [2.75, 3.05) is 31.6 Å². The average Bonchev–Trinajstić information content (AvgIpc) is 3.00. The Morgan fingerprint density at radius 3 is 2.93 bits per heavy atom. The van der Waals surface area contributed by atoms with Gasteiger partial charge >= 0.3 is 6.36 Å². The molecule has 1 atom stereocenters. The average molecular weight is 404 g/mol. The van der Waals surface area contributed by atoms with Crippen LogP contribution in [0.5, 0.6) is 5.75 Å². The number of halogens is 3. The predicted molar refractivity (Wildman–Crippen MR) is 90.6 cm³/mol. The van der Waals surface area contributed by atoms with Crippen LogP contribution in [0.2, 0.25) is 0 Å². The number of hydrogen-bond donors (Lipinski definition) is 3. The first-order valence-corrected chi connectivity index (χ1v) is 8.67. The summed E-state index contributed by atoms with van der Waals surface area (Å²) < 4.78 is 46.2. The zero-order valence-corrected chi connectivity index (χ0v) is 14.6. The molecule has 1 unspecified atom stereocenters. The van der Waals surface area contributed by atoms with Gasteiger partial charge in [0.1, 0.15) is 11.8 Å². The van der Waals surface area contributed by atoms with Crippen LogP contribution >= 0.6 is 11.3 Å². The van der Waals surface area contributed by atoms with E-state index in [1.807, 2.05) is 0 Å². The van der Waals surface area contributed by atoms with E-state index >= 15 is 0 Å². The molecule has 0 saturated carbocycles. The standard InChI is InChI=1S/C15H15F3N4O4S/c16-15(17,18)26-8-1-2-9-11(5-8)27-14(21-9)22-12(23)6-20-13(24)10-7-25-4-3-19-10/h1-2,5,10,19H,3-4,6-7H2,(H,20,24)(H,21,22,23). The highest BCUT2D eigenvalue weighted by Gasteiger charge is 2.31. The van der Waals surface area contributed by atoms with Crippen LogP contribution in [-0.4, -0.2) is 55.5 Å². The van der Waals surface area contributed by atoms with Crippen LogP contribution in [-0.2, 0) is 14.3 Å². The van der Waals surface area contributed by atoms with Crippen molar-refractivity contribution in [2.45, 2.75) is 12.4 Å². The van der Waals surface area contributed by atoms with Crippen molar-refractivity contribution in [1.82, 2.24) is 15.6 Å². The Morgan fingerprint density at radius 1 is 1.41 bits per heavy atom. The van der Waals surface area contributed by atoms with Gasteiger partial charge in [-0.2, -0.15) is 0 Å². The Kier molecular flexibility index (Phi) is 5.77. The topological polar surface area (TPSA) is 102 Å². The highest BCUT2D eigenvalue weighted by Crippen LogP contribution is 2.31. The molecule has 27 heavy (non-hydrogen) atoms.